The Balaban J connectivity index is 2.07. The van der Waals surface area contributed by atoms with Crippen molar-refractivity contribution < 1.29 is 4.79 Å². The van der Waals surface area contributed by atoms with Crippen LogP contribution in [0.25, 0.3) is 0 Å². The van der Waals surface area contributed by atoms with Crippen LogP contribution in [-0.2, 0) is 4.79 Å². The summed E-state index contributed by atoms with van der Waals surface area (Å²) in [5, 5.41) is 3.68. The molecule has 3 nitrogen and oxygen atoms in total. The second kappa shape index (κ2) is 4.75. The number of aromatic nitrogens is 1. The van der Waals surface area contributed by atoms with Crippen LogP contribution in [0, 0.1) is 31.1 Å². The fourth-order valence-electron chi connectivity index (χ4n) is 2.56. The topological polar surface area (TPSA) is 42.0 Å². The van der Waals surface area contributed by atoms with E-state index in [1.165, 1.54) is 5.57 Å². The zero-order chi connectivity index (χ0) is 14.4. The van der Waals surface area contributed by atoms with Gasteiger partial charge in [0, 0.05) is 4.88 Å². The van der Waals surface area contributed by atoms with Crippen molar-refractivity contribution in [1.29, 1.82) is 0 Å². The van der Waals surface area contributed by atoms with Crippen molar-refractivity contribution in [3.05, 3.63) is 22.2 Å². The van der Waals surface area contributed by atoms with E-state index in [0.717, 1.165) is 15.7 Å². The molecule has 1 N–H and O–H groups in total. The Labute approximate surface area is 119 Å². The molecule has 2 rings (SSSR count). The van der Waals surface area contributed by atoms with Crippen molar-refractivity contribution in [3.63, 3.8) is 0 Å². The van der Waals surface area contributed by atoms with Crippen LogP contribution in [0.2, 0.25) is 0 Å². The van der Waals surface area contributed by atoms with Gasteiger partial charge < -0.3 is 5.32 Å². The Bertz CT molecular complexity index is 519. The molecule has 0 unspecified atom stereocenters. The van der Waals surface area contributed by atoms with Gasteiger partial charge in [0.25, 0.3) is 0 Å². The first-order chi connectivity index (χ1) is 8.73. The van der Waals surface area contributed by atoms with E-state index in [9.17, 15) is 4.79 Å². The molecule has 104 valence electrons. The number of rotatable bonds is 3. The van der Waals surface area contributed by atoms with Gasteiger partial charge in [-0.1, -0.05) is 25.5 Å². The lowest BCUT2D eigenvalue weighted by Gasteiger charge is -2.02. The lowest BCUT2D eigenvalue weighted by Crippen LogP contribution is -2.16. The highest BCUT2D eigenvalue weighted by Crippen LogP contribution is 2.59. The molecule has 1 saturated carbocycles. The summed E-state index contributed by atoms with van der Waals surface area (Å²) in [5.41, 5.74) is 2.33. The highest BCUT2D eigenvalue weighted by Gasteiger charge is 2.60. The SMILES string of the molecule is CC(C)=C[C@@H]1[C@@H](C(=O)Nc2nc(C)c(C)s2)C1(C)C. The minimum absolute atomic E-state index is 0.0582. The Kier molecular flexibility index (Phi) is 3.56. The monoisotopic (exact) mass is 278 g/mol. The summed E-state index contributed by atoms with van der Waals surface area (Å²) in [6, 6.07) is 0. The van der Waals surface area contributed by atoms with Crippen LogP contribution in [0.4, 0.5) is 5.13 Å². The third-order valence-corrected chi connectivity index (χ3v) is 4.95. The number of nitrogens with zero attached hydrogens (tertiary/aromatic N) is 1. The molecule has 1 amide bonds. The third kappa shape index (κ3) is 2.73. The number of aryl methyl sites for hydroxylation is 2. The Morgan fingerprint density at radius 3 is 2.47 bits per heavy atom. The highest BCUT2D eigenvalue weighted by molar-refractivity contribution is 7.15. The smallest absolute Gasteiger partial charge is 0.230 e. The Hall–Kier alpha value is -1.16. The molecule has 1 aliphatic rings. The second-order valence-electron chi connectivity index (χ2n) is 6.22. The Morgan fingerprint density at radius 2 is 2.00 bits per heavy atom. The third-order valence-electron chi connectivity index (χ3n) is 3.96. The number of hydrogen-bond donors (Lipinski definition) is 1. The molecule has 1 aromatic heterocycles. The summed E-state index contributed by atoms with van der Waals surface area (Å²) in [6.07, 6.45) is 2.21. The predicted octanol–water partition coefficient (Wildman–Crippen LogP) is 3.94. The van der Waals surface area contributed by atoms with Gasteiger partial charge >= 0.3 is 0 Å². The lowest BCUT2D eigenvalue weighted by atomic mass is 10.1. The van der Waals surface area contributed by atoms with Crippen molar-refractivity contribution in [1.82, 2.24) is 4.98 Å². The maximum atomic E-state index is 12.3. The van der Waals surface area contributed by atoms with Crippen molar-refractivity contribution in [2.45, 2.75) is 41.5 Å². The van der Waals surface area contributed by atoms with Crippen LogP contribution < -0.4 is 5.32 Å². The van der Waals surface area contributed by atoms with Gasteiger partial charge in [-0.05, 0) is 39.0 Å². The van der Waals surface area contributed by atoms with E-state index in [4.69, 9.17) is 0 Å². The first kappa shape index (κ1) is 14.3. The van der Waals surface area contributed by atoms with Gasteiger partial charge in [0.15, 0.2) is 5.13 Å². The zero-order valence-electron chi connectivity index (χ0n) is 12.5. The minimum Gasteiger partial charge on any atom is -0.302 e. The van der Waals surface area contributed by atoms with E-state index in [1.807, 2.05) is 13.8 Å². The molecule has 0 bridgehead atoms. The van der Waals surface area contributed by atoms with Gasteiger partial charge in [-0.2, -0.15) is 0 Å². The number of anilines is 1. The van der Waals surface area contributed by atoms with Crippen LogP contribution in [0.1, 0.15) is 38.3 Å². The van der Waals surface area contributed by atoms with Crippen LogP contribution in [0.5, 0.6) is 0 Å². The quantitative estimate of drug-likeness (QED) is 0.851. The molecular weight excluding hydrogens is 256 g/mol. The molecule has 2 atom stereocenters. The first-order valence-electron chi connectivity index (χ1n) is 6.63. The molecule has 4 heteroatoms. The lowest BCUT2D eigenvalue weighted by molar-refractivity contribution is -0.118. The molecule has 1 aromatic rings. The van der Waals surface area contributed by atoms with Crippen molar-refractivity contribution >= 4 is 22.4 Å². The summed E-state index contributed by atoms with van der Waals surface area (Å²) in [4.78, 5) is 17.9. The van der Waals surface area contributed by atoms with E-state index >= 15 is 0 Å². The fraction of sp³-hybridized carbons (Fsp3) is 0.600. The summed E-state index contributed by atoms with van der Waals surface area (Å²) in [6.45, 7) is 12.5. The van der Waals surface area contributed by atoms with Gasteiger partial charge in [0.1, 0.15) is 0 Å². The van der Waals surface area contributed by atoms with E-state index < -0.39 is 0 Å². The van der Waals surface area contributed by atoms with Crippen LogP contribution >= 0.6 is 11.3 Å². The highest BCUT2D eigenvalue weighted by atomic mass is 32.1. The normalized spacial score (nSPS) is 23.9. The van der Waals surface area contributed by atoms with Gasteiger partial charge in [0.2, 0.25) is 5.91 Å². The standard InChI is InChI=1S/C15H22N2OS/c1-8(2)7-11-12(15(11,5)6)13(18)17-14-16-9(3)10(4)19-14/h7,11-12H,1-6H3,(H,16,17,18)/t11-,12+/m1/s1. The maximum absolute atomic E-state index is 12.3. The Morgan fingerprint density at radius 1 is 1.37 bits per heavy atom. The minimum atomic E-state index is 0.0582. The van der Waals surface area contributed by atoms with E-state index in [2.05, 4.69) is 44.1 Å². The van der Waals surface area contributed by atoms with Gasteiger partial charge in [-0.3, -0.25) is 4.79 Å². The predicted molar refractivity (Wildman–Crippen MR) is 80.4 cm³/mol. The van der Waals surface area contributed by atoms with Gasteiger partial charge in [-0.15, -0.1) is 11.3 Å². The summed E-state index contributed by atoms with van der Waals surface area (Å²) in [7, 11) is 0. The second-order valence-corrected chi connectivity index (χ2v) is 7.42. The number of carbonyl (C=O) groups is 1. The molecule has 19 heavy (non-hydrogen) atoms. The maximum Gasteiger partial charge on any atom is 0.230 e. The van der Waals surface area contributed by atoms with E-state index in [-0.39, 0.29) is 17.2 Å². The molecule has 1 aliphatic carbocycles. The van der Waals surface area contributed by atoms with Crippen molar-refractivity contribution in [3.8, 4) is 0 Å². The average Bonchev–Trinajstić information content (AvgIpc) is 2.62. The molecule has 0 radical (unpaired) electrons. The molecule has 1 fully saturated rings. The first-order valence-corrected chi connectivity index (χ1v) is 7.45. The molecule has 0 saturated heterocycles. The summed E-state index contributed by atoms with van der Waals surface area (Å²) in [5.74, 6) is 0.507. The number of allylic oxidation sites excluding steroid dienone is 2. The van der Waals surface area contributed by atoms with Crippen molar-refractivity contribution in [2.24, 2.45) is 17.3 Å². The number of thiazole rings is 1. The van der Waals surface area contributed by atoms with Crippen LogP contribution in [0.3, 0.4) is 0 Å². The largest absolute Gasteiger partial charge is 0.302 e. The van der Waals surface area contributed by atoms with Crippen LogP contribution in [0.15, 0.2) is 11.6 Å². The number of carbonyl (C=O) groups excluding carboxylic acids is 1. The zero-order valence-corrected chi connectivity index (χ0v) is 13.3. The molecule has 0 aliphatic heterocycles. The van der Waals surface area contributed by atoms with E-state index in [1.54, 1.807) is 11.3 Å². The van der Waals surface area contributed by atoms with Crippen LogP contribution in [-0.4, -0.2) is 10.9 Å². The van der Waals surface area contributed by atoms with Crippen molar-refractivity contribution in [2.75, 3.05) is 5.32 Å². The fourth-order valence-corrected chi connectivity index (χ4v) is 3.38. The average molecular weight is 278 g/mol. The van der Waals surface area contributed by atoms with Gasteiger partial charge in [-0.25, -0.2) is 4.98 Å². The number of nitrogens with one attached hydrogen (secondary N) is 1. The van der Waals surface area contributed by atoms with E-state index in [0.29, 0.717) is 5.92 Å². The molecule has 1 heterocycles. The summed E-state index contributed by atoms with van der Waals surface area (Å²) < 4.78 is 0. The number of hydrogen-bond acceptors (Lipinski definition) is 3. The van der Waals surface area contributed by atoms with Gasteiger partial charge in [0.05, 0.1) is 11.6 Å². The summed E-state index contributed by atoms with van der Waals surface area (Å²) >= 11 is 1.54. The molecule has 0 spiro atoms. The molecule has 0 aromatic carbocycles. The molecular formula is C15H22N2OS. The number of amides is 1.